The molecule has 0 aliphatic heterocycles. The van der Waals surface area contributed by atoms with Crippen LogP contribution in [0.25, 0.3) is 15.2 Å². The van der Waals surface area contributed by atoms with E-state index in [9.17, 15) is 14.7 Å². The van der Waals surface area contributed by atoms with Crippen molar-refractivity contribution in [2.75, 3.05) is 5.32 Å². The zero-order valence-corrected chi connectivity index (χ0v) is 15.2. The van der Waals surface area contributed by atoms with Gasteiger partial charge in [-0.15, -0.1) is 0 Å². The molecule has 0 saturated heterocycles. The Bertz CT molecular complexity index is 1230. The Morgan fingerprint density at radius 2 is 1.81 bits per heavy atom. The number of amides is 1. The summed E-state index contributed by atoms with van der Waals surface area (Å²) in [5.74, 6) is -1.50. The summed E-state index contributed by atoms with van der Waals surface area (Å²) in [4.78, 5) is 29.8. The van der Waals surface area contributed by atoms with E-state index in [1.165, 1.54) is 15.7 Å². The maximum Gasteiger partial charge on any atom is 0.275 e. The summed E-state index contributed by atoms with van der Waals surface area (Å²) < 4.78 is 2.10. The van der Waals surface area contributed by atoms with Crippen LogP contribution in [0.15, 0.2) is 47.3 Å². The van der Waals surface area contributed by atoms with E-state index in [0.29, 0.717) is 10.5 Å². The molecule has 2 aromatic carbocycles. The number of hydrogen-bond donors (Lipinski definition) is 2. The van der Waals surface area contributed by atoms with Gasteiger partial charge >= 0.3 is 0 Å². The SMILES string of the molecule is O=C(Nc1c(Cl)cccc1Cl)c1c(O)nc2sc3ccccc3n2c1=O. The Balaban J connectivity index is 1.90. The first kappa shape index (κ1) is 16.8. The number of rotatable bonds is 2. The Morgan fingerprint density at radius 3 is 2.54 bits per heavy atom. The minimum absolute atomic E-state index is 0.153. The lowest BCUT2D eigenvalue weighted by Crippen LogP contribution is -2.26. The molecule has 2 heterocycles. The second kappa shape index (κ2) is 6.28. The zero-order chi connectivity index (χ0) is 18.4. The van der Waals surface area contributed by atoms with Crippen LogP contribution in [0.4, 0.5) is 5.69 Å². The molecule has 0 aliphatic rings. The van der Waals surface area contributed by atoms with Crippen LogP contribution in [0.1, 0.15) is 10.4 Å². The molecule has 2 aromatic heterocycles. The lowest BCUT2D eigenvalue weighted by molar-refractivity contribution is 0.102. The second-order valence-corrected chi connectivity index (χ2v) is 7.18. The largest absolute Gasteiger partial charge is 0.492 e. The van der Waals surface area contributed by atoms with Crippen molar-refractivity contribution in [2.24, 2.45) is 0 Å². The third kappa shape index (κ3) is 2.61. The van der Waals surface area contributed by atoms with Crippen molar-refractivity contribution in [2.45, 2.75) is 0 Å². The van der Waals surface area contributed by atoms with Crippen molar-refractivity contribution in [3.63, 3.8) is 0 Å². The molecule has 6 nitrogen and oxygen atoms in total. The molecule has 0 fully saturated rings. The number of thiazole rings is 1. The monoisotopic (exact) mass is 405 g/mol. The van der Waals surface area contributed by atoms with Gasteiger partial charge in [-0.2, -0.15) is 4.98 Å². The van der Waals surface area contributed by atoms with Gasteiger partial charge in [0.1, 0.15) is 0 Å². The van der Waals surface area contributed by atoms with E-state index in [2.05, 4.69) is 10.3 Å². The fourth-order valence-electron chi connectivity index (χ4n) is 2.59. The summed E-state index contributed by atoms with van der Waals surface area (Å²) in [6.45, 7) is 0. The second-order valence-electron chi connectivity index (χ2n) is 5.35. The van der Waals surface area contributed by atoms with Crippen LogP contribution in [0.3, 0.4) is 0 Å². The molecule has 9 heteroatoms. The summed E-state index contributed by atoms with van der Waals surface area (Å²) >= 11 is 13.3. The predicted octanol–water partition coefficient (Wildman–Crippen LogP) is 4.17. The lowest BCUT2D eigenvalue weighted by atomic mass is 10.2. The average Bonchev–Trinajstić information content (AvgIpc) is 2.96. The van der Waals surface area contributed by atoms with Crippen LogP contribution in [-0.2, 0) is 0 Å². The molecule has 0 bridgehead atoms. The van der Waals surface area contributed by atoms with Crippen molar-refractivity contribution in [1.82, 2.24) is 9.38 Å². The number of para-hydroxylation sites is 2. The van der Waals surface area contributed by atoms with Gasteiger partial charge in [-0.3, -0.25) is 14.0 Å². The molecular weight excluding hydrogens is 397 g/mol. The molecule has 0 aliphatic carbocycles. The van der Waals surface area contributed by atoms with Gasteiger partial charge in [0, 0.05) is 0 Å². The minimum Gasteiger partial charge on any atom is -0.492 e. The van der Waals surface area contributed by atoms with Gasteiger partial charge in [-0.05, 0) is 24.3 Å². The standard InChI is InChI=1S/C17H9Cl2N3O3S/c18-8-4-3-5-9(19)13(8)20-14(23)12-15(24)21-17-22(16(12)25)10-6-1-2-7-11(10)26-17/h1-7,24H,(H,20,23). The van der Waals surface area contributed by atoms with Crippen molar-refractivity contribution in [3.05, 3.63) is 68.4 Å². The number of aromatic nitrogens is 2. The Hall–Kier alpha value is -2.61. The third-order valence-corrected chi connectivity index (χ3v) is 5.42. The van der Waals surface area contributed by atoms with E-state index in [0.717, 1.165) is 4.70 Å². The van der Waals surface area contributed by atoms with Crippen LogP contribution in [-0.4, -0.2) is 20.4 Å². The van der Waals surface area contributed by atoms with Crippen LogP contribution < -0.4 is 10.9 Å². The normalized spacial score (nSPS) is 11.2. The number of halogens is 2. The molecule has 0 saturated carbocycles. The highest BCUT2D eigenvalue weighted by atomic mass is 35.5. The number of hydrogen-bond acceptors (Lipinski definition) is 5. The van der Waals surface area contributed by atoms with Crippen LogP contribution in [0.5, 0.6) is 5.88 Å². The van der Waals surface area contributed by atoms with Crippen LogP contribution in [0.2, 0.25) is 10.0 Å². The Kier molecular flexibility index (Phi) is 4.07. The van der Waals surface area contributed by atoms with Crippen molar-refractivity contribution in [1.29, 1.82) is 0 Å². The molecule has 0 radical (unpaired) electrons. The van der Waals surface area contributed by atoms with Crippen LogP contribution >= 0.6 is 34.5 Å². The van der Waals surface area contributed by atoms with Gasteiger partial charge in [0.25, 0.3) is 11.5 Å². The van der Waals surface area contributed by atoms with E-state index in [1.54, 1.807) is 30.3 Å². The molecule has 2 N–H and O–H groups in total. The summed E-state index contributed by atoms with van der Waals surface area (Å²) in [7, 11) is 0. The van der Waals surface area contributed by atoms with Gasteiger partial charge in [0.15, 0.2) is 5.56 Å². The summed E-state index contributed by atoms with van der Waals surface area (Å²) in [5, 5.41) is 13.0. The molecule has 0 spiro atoms. The Morgan fingerprint density at radius 1 is 1.12 bits per heavy atom. The smallest absolute Gasteiger partial charge is 0.275 e. The molecule has 4 rings (SSSR count). The minimum atomic E-state index is -0.848. The highest BCUT2D eigenvalue weighted by Gasteiger charge is 2.23. The zero-order valence-electron chi connectivity index (χ0n) is 12.9. The first-order valence-electron chi connectivity index (χ1n) is 7.36. The molecular formula is C17H9Cl2N3O3S. The predicted molar refractivity (Wildman–Crippen MR) is 103 cm³/mol. The third-order valence-electron chi connectivity index (χ3n) is 3.77. The van der Waals surface area contributed by atoms with E-state index < -0.39 is 22.9 Å². The number of carbonyl (C=O) groups is 1. The van der Waals surface area contributed by atoms with Gasteiger partial charge in [-0.1, -0.05) is 52.7 Å². The number of fused-ring (bicyclic) bond motifs is 3. The fourth-order valence-corrected chi connectivity index (χ4v) is 4.09. The molecule has 130 valence electrons. The number of benzene rings is 2. The van der Waals surface area contributed by atoms with Gasteiger partial charge < -0.3 is 10.4 Å². The van der Waals surface area contributed by atoms with E-state index >= 15 is 0 Å². The maximum atomic E-state index is 12.9. The average molecular weight is 406 g/mol. The van der Waals surface area contributed by atoms with Crippen molar-refractivity contribution >= 4 is 61.3 Å². The van der Waals surface area contributed by atoms with Crippen LogP contribution in [0, 0.1) is 0 Å². The topological polar surface area (TPSA) is 83.7 Å². The first-order valence-corrected chi connectivity index (χ1v) is 8.93. The fraction of sp³-hybridized carbons (Fsp3) is 0. The van der Waals surface area contributed by atoms with Gasteiger partial charge in [0.05, 0.1) is 25.9 Å². The summed E-state index contributed by atoms with van der Waals surface area (Å²) in [6, 6.07) is 11.9. The highest BCUT2D eigenvalue weighted by molar-refractivity contribution is 7.23. The quantitative estimate of drug-likeness (QED) is 0.523. The van der Waals surface area contributed by atoms with Crippen molar-refractivity contribution < 1.29 is 9.90 Å². The number of aromatic hydroxyl groups is 1. The summed E-state index contributed by atoms with van der Waals surface area (Å²) in [5.41, 5.74) is -0.401. The summed E-state index contributed by atoms with van der Waals surface area (Å²) in [6.07, 6.45) is 0. The van der Waals surface area contributed by atoms with E-state index in [4.69, 9.17) is 23.2 Å². The molecule has 0 atom stereocenters. The van der Waals surface area contributed by atoms with Crippen molar-refractivity contribution in [3.8, 4) is 5.88 Å². The van der Waals surface area contributed by atoms with E-state index in [-0.39, 0.29) is 15.7 Å². The first-order chi connectivity index (χ1) is 12.5. The lowest BCUT2D eigenvalue weighted by Gasteiger charge is -2.09. The number of carbonyl (C=O) groups excluding carboxylic acids is 1. The number of anilines is 1. The molecule has 0 unspecified atom stereocenters. The Labute approximate surface area is 160 Å². The number of nitrogens with zero attached hydrogens (tertiary/aromatic N) is 2. The van der Waals surface area contributed by atoms with E-state index in [1.807, 2.05) is 12.1 Å². The molecule has 4 aromatic rings. The highest BCUT2D eigenvalue weighted by Crippen LogP contribution is 2.31. The van der Waals surface area contributed by atoms with Gasteiger partial charge in [-0.25, -0.2) is 0 Å². The maximum absolute atomic E-state index is 12.9. The molecule has 26 heavy (non-hydrogen) atoms. The molecule has 1 amide bonds. The number of nitrogens with one attached hydrogen (secondary N) is 1. The van der Waals surface area contributed by atoms with Gasteiger partial charge in [0.2, 0.25) is 10.8 Å².